The molecular weight excluding hydrogens is 474 g/mol. The number of carbonyl (C=O) groups excluding carboxylic acids is 2. The first-order valence-corrected chi connectivity index (χ1v) is 14.5. The first-order valence-electron chi connectivity index (χ1n) is 12.7. The monoisotopic (exact) mass is 515 g/mol. The number of nitrogens with one attached hydrogen (secondary N) is 1. The van der Waals surface area contributed by atoms with E-state index in [1.165, 1.54) is 10.6 Å². The number of nitrogens with zero attached hydrogens (tertiary/aromatic N) is 2. The van der Waals surface area contributed by atoms with Crippen LogP contribution in [0.2, 0.25) is 0 Å². The lowest BCUT2D eigenvalue weighted by Crippen LogP contribution is -2.50. The van der Waals surface area contributed by atoms with Crippen molar-refractivity contribution in [2.75, 3.05) is 17.1 Å². The van der Waals surface area contributed by atoms with Crippen LogP contribution in [0.1, 0.15) is 63.1 Å². The topological polar surface area (TPSA) is 86.8 Å². The maximum absolute atomic E-state index is 13.5. The van der Waals surface area contributed by atoms with Gasteiger partial charge >= 0.3 is 0 Å². The minimum Gasteiger partial charge on any atom is -0.352 e. The molecule has 2 atom stereocenters. The summed E-state index contributed by atoms with van der Waals surface area (Å²) in [6.07, 6.45) is 2.94. The van der Waals surface area contributed by atoms with Crippen LogP contribution in [-0.2, 0) is 26.2 Å². The zero-order valence-corrected chi connectivity index (χ0v) is 23.3. The summed E-state index contributed by atoms with van der Waals surface area (Å²) in [5, 5.41) is 3.01. The van der Waals surface area contributed by atoms with Gasteiger partial charge in [-0.25, -0.2) is 8.42 Å². The Hall–Kier alpha value is -2.87. The van der Waals surface area contributed by atoms with Gasteiger partial charge in [-0.05, 0) is 63.3 Å². The van der Waals surface area contributed by atoms with Crippen LogP contribution in [0.5, 0.6) is 0 Å². The maximum Gasteiger partial charge on any atom is 0.243 e. The van der Waals surface area contributed by atoms with Crippen molar-refractivity contribution in [3.8, 4) is 0 Å². The number of amides is 2. The van der Waals surface area contributed by atoms with E-state index >= 15 is 0 Å². The molecule has 0 aliphatic rings. The van der Waals surface area contributed by atoms with Crippen LogP contribution >= 0.6 is 0 Å². The van der Waals surface area contributed by atoms with E-state index in [2.05, 4.69) is 5.32 Å². The van der Waals surface area contributed by atoms with Gasteiger partial charge in [0, 0.05) is 25.6 Å². The Morgan fingerprint density at radius 3 is 2.17 bits per heavy atom. The molecule has 2 amide bonds. The highest BCUT2D eigenvalue weighted by Crippen LogP contribution is 2.21. The molecule has 0 aliphatic carbocycles. The summed E-state index contributed by atoms with van der Waals surface area (Å²) in [6, 6.07) is 14.6. The van der Waals surface area contributed by atoms with E-state index in [4.69, 9.17) is 0 Å². The van der Waals surface area contributed by atoms with Crippen LogP contribution in [0.15, 0.2) is 48.5 Å². The number of carbonyl (C=O) groups is 2. The summed E-state index contributed by atoms with van der Waals surface area (Å²) < 4.78 is 26.3. The quantitative estimate of drug-likeness (QED) is 0.423. The summed E-state index contributed by atoms with van der Waals surface area (Å²) in [6.45, 7) is 10.3. The molecule has 8 heteroatoms. The van der Waals surface area contributed by atoms with Gasteiger partial charge in [-0.2, -0.15) is 0 Å². The Labute approximate surface area is 216 Å². The SMILES string of the molecule is CC[C@H](C)NC(=O)[C@H](CC)N(Cc1cccc(C)c1)C(=O)CCCN(c1cccc(C)c1)S(C)(=O)=O. The molecule has 0 aliphatic heterocycles. The van der Waals surface area contributed by atoms with Crippen LogP contribution in [-0.4, -0.2) is 50.0 Å². The molecule has 2 rings (SSSR count). The fourth-order valence-electron chi connectivity index (χ4n) is 4.15. The molecule has 0 unspecified atom stereocenters. The summed E-state index contributed by atoms with van der Waals surface area (Å²) in [5.41, 5.74) is 3.58. The van der Waals surface area contributed by atoms with Crippen molar-refractivity contribution in [2.45, 2.75) is 78.9 Å². The summed E-state index contributed by atoms with van der Waals surface area (Å²) in [7, 11) is -3.51. The van der Waals surface area contributed by atoms with Gasteiger partial charge in [0.25, 0.3) is 0 Å². The molecule has 2 aromatic rings. The molecule has 1 N–H and O–H groups in total. The molecule has 0 saturated heterocycles. The average molecular weight is 516 g/mol. The number of benzene rings is 2. The highest BCUT2D eigenvalue weighted by molar-refractivity contribution is 7.92. The van der Waals surface area contributed by atoms with Crippen molar-refractivity contribution < 1.29 is 18.0 Å². The Morgan fingerprint density at radius 1 is 0.972 bits per heavy atom. The number of sulfonamides is 1. The first kappa shape index (κ1) is 29.4. The van der Waals surface area contributed by atoms with Gasteiger partial charge < -0.3 is 10.2 Å². The van der Waals surface area contributed by atoms with Crippen molar-refractivity contribution in [2.24, 2.45) is 0 Å². The second kappa shape index (κ2) is 13.4. The molecule has 0 heterocycles. The third kappa shape index (κ3) is 8.66. The molecule has 0 spiro atoms. The number of rotatable bonds is 13. The summed E-state index contributed by atoms with van der Waals surface area (Å²) in [4.78, 5) is 28.2. The Balaban J connectivity index is 2.23. The van der Waals surface area contributed by atoms with E-state index < -0.39 is 16.1 Å². The molecular formula is C28H41N3O4S. The maximum atomic E-state index is 13.5. The highest BCUT2D eigenvalue weighted by Gasteiger charge is 2.29. The third-order valence-corrected chi connectivity index (χ3v) is 7.46. The highest BCUT2D eigenvalue weighted by atomic mass is 32.2. The van der Waals surface area contributed by atoms with E-state index in [1.54, 1.807) is 11.0 Å². The van der Waals surface area contributed by atoms with Crippen molar-refractivity contribution >= 4 is 27.5 Å². The van der Waals surface area contributed by atoms with Crippen molar-refractivity contribution in [3.05, 3.63) is 65.2 Å². The van der Waals surface area contributed by atoms with Gasteiger partial charge in [0.1, 0.15) is 6.04 Å². The van der Waals surface area contributed by atoms with E-state index in [0.29, 0.717) is 25.1 Å². The van der Waals surface area contributed by atoms with Crippen LogP contribution in [0.4, 0.5) is 5.69 Å². The number of hydrogen-bond donors (Lipinski definition) is 1. The molecule has 0 bridgehead atoms. The zero-order valence-electron chi connectivity index (χ0n) is 22.5. The minimum atomic E-state index is -3.51. The van der Waals surface area contributed by atoms with Crippen molar-refractivity contribution in [1.29, 1.82) is 0 Å². The van der Waals surface area contributed by atoms with Crippen molar-refractivity contribution in [1.82, 2.24) is 10.2 Å². The Morgan fingerprint density at radius 2 is 1.61 bits per heavy atom. The Kier molecular flexibility index (Phi) is 11.0. The van der Waals surface area contributed by atoms with Gasteiger partial charge in [0.05, 0.1) is 11.9 Å². The lowest BCUT2D eigenvalue weighted by atomic mass is 10.1. The predicted octanol–water partition coefficient (Wildman–Crippen LogP) is 4.57. The van der Waals surface area contributed by atoms with E-state index in [0.717, 1.165) is 23.1 Å². The normalized spacial score (nSPS) is 13.1. The van der Waals surface area contributed by atoms with E-state index in [9.17, 15) is 18.0 Å². The number of anilines is 1. The molecule has 2 aromatic carbocycles. The van der Waals surface area contributed by atoms with Crippen LogP contribution in [0.3, 0.4) is 0 Å². The third-order valence-electron chi connectivity index (χ3n) is 6.26. The van der Waals surface area contributed by atoms with E-state index in [1.807, 2.05) is 77.1 Å². The lowest BCUT2D eigenvalue weighted by molar-refractivity contribution is -0.141. The molecule has 7 nitrogen and oxygen atoms in total. The van der Waals surface area contributed by atoms with Gasteiger partial charge in [-0.15, -0.1) is 0 Å². The van der Waals surface area contributed by atoms with E-state index in [-0.39, 0.29) is 30.8 Å². The van der Waals surface area contributed by atoms with Gasteiger partial charge in [0.15, 0.2) is 0 Å². The number of aryl methyl sites for hydroxylation is 2. The fourth-order valence-corrected chi connectivity index (χ4v) is 5.11. The number of hydrogen-bond acceptors (Lipinski definition) is 4. The molecule has 0 fully saturated rings. The Bertz CT molecular complexity index is 1130. The van der Waals surface area contributed by atoms with Gasteiger partial charge in [0.2, 0.25) is 21.8 Å². The van der Waals surface area contributed by atoms with Crippen LogP contribution in [0.25, 0.3) is 0 Å². The molecule has 36 heavy (non-hydrogen) atoms. The fraction of sp³-hybridized carbons (Fsp3) is 0.500. The molecule has 0 aromatic heterocycles. The standard InChI is InChI=1S/C28H41N3O4S/c1-7-23(5)29-28(33)26(8-2)30(20-24-14-9-12-21(3)18-24)27(32)16-11-17-31(36(6,34)35)25-15-10-13-22(4)19-25/h9-10,12-15,18-19,23,26H,7-8,11,16-17,20H2,1-6H3,(H,29,33)/t23-,26-/m0/s1. The smallest absolute Gasteiger partial charge is 0.243 e. The van der Waals surface area contributed by atoms with Crippen LogP contribution in [0, 0.1) is 13.8 Å². The predicted molar refractivity (Wildman–Crippen MR) is 146 cm³/mol. The minimum absolute atomic E-state index is 0.0140. The largest absolute Gasteiger partial charge is 0.352 e. The van der Waals surface area contributed by atoms with Crippen molar-refractivity contribution in [3.63, 3.8) is 0 Å². The van der Waals surface area contributed by atoms with Gasteiger partial charge in [-0.1, -0.05) is 55.8 Å². The lowest BCUT2D eigenvalue weighted by Gasteiger charge is -2.32. The zero-order chi connectivity index (χ0) is 26.9. The first-order chi connectivity index (χ1) is 17.0. The molecule has 198 valence electrons. The second-order valence-electron chi connectivity index (χ2n) is 9.53. The molecule has 0 saturated carbocycles. The van der Waals surface area contributed by atoms with Gasteiger partial charge in [-0.3, -0.25) is 13.9 Å². The molecule has 0 radical (unpaired) electrons. The summed E-state index contributed by atoms with van der Waals surface area (Å²) in [5.74, 6) is -0.328. The summed E-state index contributed by atoms with van der Waals surface area (Å²) >= 11 is 0. The average Bonchev–Trinajstić information content (AvgIpc) is 2.80. The second-order valence-corrected chi connectivity index (χ2v) is 11.4. The van der Waals surface area contributed by atoms with Crippen LogP contribution < -0.4 is 9.62 Å².